The van der Waals surface area contributed by atoms with E-state index in [0.717, 1.165) is 12.1 Å². The molecular formula is C16H19N5O2. The van der Waals surface area contributed by atoms with Gasteiger partial charge in [0.15, 0.2) is 11.5 Å². The Labute approximate surface area is 134 Å². The van der Waals surface area contributed by atoms with Crippen molar-refractivity contribution in [2.75, 3.05) is 17.2 Å². The molecule has 7 heteroatoms. The third-order valence-electron chi connectivity index (χ3n) is 2.89. The number of benzene rings is 1. The highest BCUT2D eigenvalue weighted by Crippen LogP contribution is 2.18. The molecule has 0 saturated heterocycles. The van der Waals surface area contributed by atoms with Crippen LogP contribution in [0.5, 0.6) is 0 Å². The molecule has 0 unspecified atom stereocenters. The molecule has 0 spiro atoms. The summed E-state index contributed by atoms with van der Waals surface area (Å²) in [4.78, 5) is 22.8. The Morgan fingerprint density at radius 1 is 1.09 bits per heavy atom. The van der Waals surface area contributed by atoms with Crippen LogP contribution in [-0.4, -0.2) is 28.6 Å². The summed E-state index contributed by atoms with van der Waals surface area (Å²) in [5.74, 6) is 0.139. The molecule has 2 rings (SSSR count). The van der Waals surface area contributed by atoms with Crippen molar-refractivity contribution >= 4 is 29.0 Å². The van der Waals surface area contributed by atoms with E-state index in [2.05, 4.69) is 26.1 Å². The largest absolute Gasteiger partial charge is 0.351 e. The third-order valence-corrected chi connectivity index (χ3v) is 2.89. The van der Waals surface area contributed by atoms with Gasteiger partial charge < -0.3 is 16.0 Å². The van der Waals surface area contributed by atoms with E-state index in [1.807, 2.05) is 19.1 Å². The Morgan fingerprint density at radius 3 is 2.52 bits per heavy atom. The zero-order valence-corrected chi connectivity index (χ0v) is 13.1. The van der Waals surface area contributed by atoms with Gasteiger partial charge in [-0.25, -0.2) is 0 Å². The topological polar surface area (TPSA) is 96.0 Å². The van der Waals surface area contributed by atoms with Gasteiger partial charge in [0.2, 0.25) is 5.91 Å². The number of nitrogens with one attached hydrogen (secondary N) is 3. The van der Waals surface area contributed by atoms with Crippen LogP contribution < -0.4 is 16.0 Å². The molecule has 1 aromatic heterocycles. The van der Waals surface area contributed by atoms with Gasteiger partial charge in [-0.2, -0.15) is 0 Å². The zero-order valence-electron chi connectivity index (χ0n) is 13.1. The van der Waals surface area contributed by atoms with E-state index in [1.165, 1.54) is 6.92 Å². The molecule has 1 aromatic carbocycles. The molecule has 0 aliphatic rings. The number of anilines is 3. The summed E-state index contributed by atoms with van der Waals surface area (Å²) in [5, 5.41) is 16.4. The first-order valence-corrected chi connectivity index (χ1v) is 7.35. The lowest BCUT2D eigenvalue weighted by molar-refractivity contribution is -0.114. The number of nitrogens with zero attached hydrogens (tertiary/aromatic N) is 2. The molecule has 23 heavy (non-hydrogen) atoms. The number of carbonyl (C=O) groups excluding carboxylic acids is 2. The van der Waals surface area contributed by atoms with E-state index in [9.17, 15) is 9.59 Å². The Bertz CT molecular complexity index is 685. The summed E-state index contributed by atoms with van der Waals surface area (Å²) in [7, 11) is 0. The Kier molecular flexibility index (Phi) is 5.62. The maximum absolute atomic E-state index is 11.7. The number of hydrogen-bond donors (Lipinski definition) is 3. The van der Waals surface area contributed by atoms with Crippen LogP contribution in [0.25, 0.3) is 0 Å². The van der Waals surface area contributed by atoms with Crippen LogP contribution in [0.3, 0.4) is 0 Å². The molecule has 0 aliphatic carbocycles. The second kappa shape index (κ2) is 7.88. The SMILES string of the molecule is CCCNC(=O)c1ccc(Nc2cccc(NC(C)=O)c2)nn1. The zero-order chi connectivity index (χ0) is 16.7. The Balaban J connectivity index is 2.03. The predicted molar refractivity (Wildman–Crippen MR) is 88.7 cm³/mol. The fourth-order valence-electron chi connectivity index (χ4n) is 1.87. The summed E-state index contributed by atoms with van der Waals surface area (Å²) in [6.45, 7) is 4.04. The van der Waals surface area contributed by atoms with Crippen molar-refractivity contribution in [3.63, 3.8) is 0 Å². The molecule has 1 heterocycles. The van der Waals surface area contributed by atoms with Gasteiger partial charge in [0.25, 0.3) is 5.91 Å². The van der Waals surface area contributed by atoms with E-state index in [0.29, 0.717) is 18.1 Å². The van der Waals surface area contributed by atoms with Crippen LogP contribution in [-0.2, 0) is 4.79 Å². The van der Waals surface area contributed by atoms with Gasteiger partial charge in [-0.05, 0) is 36.8 Å². The average molecular weight is 313 g/mol. The fourth-order valence-corrected chi connectivity index (χ4v) is 1.87. The summed E-state index contributed by atoms with van der Waals surface area (Å²) in [6, 6.07) is 10.5. The predicted octanol–water partition coefficient (Wildman–Crippen LogP) is 2.32. The highest BCUT2D eigenvalue weighted by atomic mass is 16.2. The number of hydrogen-bond acceptors (Lipinski definition) is 5. The van der Waals surface area contributed by atoms with Crippen molar-refractivity contribution in [3.05, 3.63) is 42.1 Å². The third kappa shape index (κ3) is 5.06. The van der Waals surface area contributed by atoms with Gasteiger partial charge in [0, 0.05) is 24.8 Å². The van der Waals surface area contributed by atoms with Gasteiger partial charge in [-0.15, -0.1) is 10.2 Å². The van der Waals surface area contributed by atoms with Crippen LogP contribution in [0, 0.1) is 0 Å². The lowest BCUT2D eigenvalue weighted by atomic mass is 10.2. The van der Waals surface area contributed by atoms with E-state index in [4.69, 9.17) is 0 Å². The summed E-state index contributed by atoms with van der Waals surface area (Å²) >= 11 is 0. The van der Waals surface area contributed by atoms with E-state index >= 15 is 0 Å². The molecule has 7 nitrogen and oxygen atoms in total. The number of amides is 2. The summed E-state index contributed by atoms with van der Waals surface area (Å²) in [6.07, 6.45) is 0.865. The first-order chi connectivity index (χ1) is 11.1. The molecule has 120 valence electrons. The van der Waals surface area contributed by atoms with Crippen molar-refractivity contribution in [2.45, 2.75) is 20.3 Å². The number of rotatable bonds is 6. The van der Waals surface area contributed by atoms with E-state index < -0.39 is 0 Å². The normalized spacial score (nSPS) is 10.0. The fraction of sp³-hybridized carbons (Fsp3) is 0.250. The second-order valence-electron chi connectivity index (χ2n) is 4.95. The lowest BCUT2D eigenvalue weighted by Gasteiger charge is -2.08. The summed E-state index contributed by atoms with van der Waals surface area (Å²) < 4.78 is 0. The van der Waals surface area contributed by atoms with Crippen LogP contribution in [0.15, 0.2) is 36.4 Å². The standard InChI is InChI=1S/C16H19N5O2/c1-3-9-17-16(23)14-7-8-15(21-20-14)19-13-6-4-5-12(10-13)18-11(2)22/h4-8,10H,3,9H2,1-2H3,(H,17,23)(H,18,22)(H,19,21). The quantitative estimate of drug-likeness (QED) is 0.760. The molecule has 0 fully saturated rings. The van der Waals surface area contributed by atoms with Crippen molar-refractivity contribution in [3.8, 4) is 0 Å². The molecule has 0 radical (unpaired) electrons. The molecule has 3 N–H and O–H groups in total. The van der Waals surface area contributed by atoms with Crippen molar-refractivity contribution in [2.24, 2.45) is 0 Å². The molecule has 0 aliphatic heterocycles. The van der Waals surface area contributed by atoms with E-state index in [1.54, 1.807) is 24.3 Å². The van der Waals surface area contributed by atoms with E-state index in [-0.39, 0.29) is 17.5 Å². The number of carbonyl (C=O) groups is 2. The monoisotopic (exact) mass is 313 g/mol. The minimum atomic E-state index is -0.237. The minimum absolute atomic E-state index is 0.135. The highest BCUT2D eigenvalue weighted by Gasteiger charge is 2.07. The smallest absolute Gasteiger partial charge is 0.271 e. The maximum Gasteiger partial charge on any atom is 0.271 e. The lowest BCUT2D eigenvalue weighted by Crippen LogP contribution is -2.25. The van der Waals surface area contributed by atoms with Gasteiger partial charge in [-0.1, -0.05) is 13.0 Å². The molecule has 0 saturated carbocycles. The van der Waals surface area contributed by atoms with Crippen molar-refractivity contribution in [1.82, 2.24) is 15.5 Å². The van der Waals surface area contributed by atoms with Gasteiger partial charge >= 0.3 is 0 Å². The Hall–Kier alpha value is -2.96. The van der Waals surface area contributed by atoms with Gasteiger partial charge in [0.1, 0.15) is 0 Å². The Morgan fingerprint density at radius 2 is 1.87 bits per heavy atom. The number of aromatic nitrogens is 2. The van der Waals surface area contributed by atoms with Crippen LogP contribution in [0.2, 0.25) is 0 Å². The molecule has 0 atom stereocenters. The molecule has 0 bridgehead atoms. The molecule has 2 aromatic rings. The molecule has 2 amide bonds. The first kappa shape index (κ1) is 16.4. The first-order valence-electron chi connectivity index (χ1n) is 7.35. The van der Waals surface area contributed by atoms with Gasteiger partial charge in [0.05, 0.1) is 0 Å². The van der Waals surface area contributed by atoms with Crippen molar-refractivity contribution in [1.29, 1.82) is 0 Å². The molecular weight excluding hydrogens is 294 g/mol. The van der Waals surface area contributed by atoms with Crippen molar-refractivity contribution < 1.29 is 9.59 Å². The minimum Gasteiger partial charge on any atom is -0.351 e. The van der Waals surface area contributed by atoms with Gasteiger partial charge in [-0.3, -0.25) is 9.59 Å². The highest BCUT2D eigenvalue weighted by molar-refractivity contribution is 5.92. The van der Waals surface area contributed by atoms with Crippen LogP contribution >= 0.6 is 0 Å². The van der Waals surface area contributed by atoms with Crippen LogP contribution in [0.4, 0.5) is 17.2 Å². The average Bonchev–Trinajstić information content (AvgIpc) is 2.53. The maximum atomic E-state index is 11.7. The van der Waals surface area contributed by atoms with Crippen LogP contribution in [0.1, 0.15) is 30.8 Å². The second-order valence-corrected chi connectivity index (χ2v) is 4.95. The summed E-state index contributed by atoms with van der Waals surface area (Å²) in [5.41, 5.74) is 1.72.